The number of rotatable bonds is 4. The summed E-state index contributed by atoms with van der Waals surface area (Å²) in [4.78, 5) is 29.0. The number of urea groups is 1. The predicted octanol–water partition coefficient (Wildman–Crippen LogP) is 4.20. The fraction of sp³-hybridized carbons (Fsp3) is 0.143. The van der Waals surface area contributed by atoms with Gasteiger partial charge in [0, 0.05) is 30.5 Å². The second kappa shape index (κ2) is 7.97. The second-order valence-electron chi connectivity index (χ2n) is 6.69. The number of anilines is 3. The number of aromatic nitrogens is 1. The number of hydrogen-bond donors (Lipinski definition) is 2. The molecule has 0 fully saturated rings. The summed E-state index contributed by atoms with van der Waals surface area (Å²) in [7, 11) is 0. The van der Waals surface area contributed by atoms with Crippen LogP contribution in [0.25, 0.3) is 0 Å². The number of nitro groups is 1. The molecule has 0 spiro atoms. The van der Waals surface area contributed by atoms with E-state index in [0.29, 0.717) is 18.9 Å². The normalized spacial score (nSPS) is 12.8. The minimum absolute atomic E-state index is 0.0259. The molecular formula is C21H19N5O3. The van der Waals surface area contributed by atoms with E-state index < -0.39 is 4.92 Å². The van der Waals surface area contributed by atoms with Crippen LogP contribution in [-0.4, -0.2) is 22.5 Å². The van der Waals surface area contributed by atoms with E-state index in [9.17, 15) is 14.9 Å². The zero-order valence-electron chi connectivity index (χ0n) is 15.5. The average molecular weight is 389 g/mol. The quantitative estimate of drug-likeness (QED) is 0.515. The molecule has 8 nitrogen and oxygen atoms in total. The van der Waals surface area contributed by atoms with E-state index in [1.807, 2.05) is 48.5 Å². The van der Waals surface area contributed by atoms with Gasteiger partial charge in [-0.1, -0.05) is 30.3 Å². The molecule has 29 heavy (non-hydrogen) atoms. The fourth-order valence-electron chi connectivity index (χ4n) is 3.40. The maximum Gasteiger partial charge on any atom is 0.323 e. The van der Waals surface area contributed by atoms with Gasteiger partial charge in [0.05, 0.1) is 4.92 Å². The Bertz CT molecular complexity index is 1040. The Kier molecular flexibility index (Phi) is 5.07. The number of hydrogen-bond acceptors (Lipinski definition) is 5. The van der Waals surface area contributed by atoms with E-state index >= 15 is 0 Å². The van der Waals surface area contributed by atoms with Gasteiger partial charge in [-0.15, -0.1) is 0 Å². The molecule has 2 heterocycles. The molecule has 2 amide bonds. The molecule has 2 N–H and O–H groups in total. The first kappa shape index (κ1) is 18.4. The average Bonchev–Trinajstić information content (AvgIpc) is 2.74. The van der Waals surface area contributed by atoms with Crippen LogP contribution in [0.5, 0.6) is 0 Å². The highest BCUT2D eigenvalue weighted by Crippen LogP contribution is 2.29. The number of benzene rings is 2. The number of pyridine rings is 1. The molecule has 1 aliphatic heterocycles. The smallest absolute Gasteiger partial charge is 0.323 e. The molecule has 8 heteroatoms. The Labute approximate surface area is 167 Å². The van der Waals surface area contributed by atoms with Crippen molar-refractivity contribution in [3.05, 3.63) is 88.1 Å². The topological polar surface area (TPSA) is 100 Å². The third-order valence-corrected chi connectivity index (χ3v) is 4.81. The van der Waals surface area contributed by atoms with E-state index in [-0.39, 0.29) is 11.7 Å². The Hall–Kier alpha value is -3.94. The van der Waals surface area contributed by atoms with Crippen LogP contribution in [0, 0.1) is 10.1 Å². The first-order valence-electron chi connectivity index (χ1n) is 9.19. The number of para-hydroxylation sites is 1. The molecule has 3 aromatic rings. The van der Waals surface area contributed by atoms with Crippen LogP contribution in [0.2, 0.25) is 0 Å². The molecule has 0 aliphatic carbocycles. The zero-order chi connectivity index (χ0) is 20.2. The van der Waals surface area contributed by atoms with Gasteiger partial charge in [0.25, 0.3) is 5.69 Å². The number of fused-ring (bicyclic) bond motifs is 1. The highest BCUT2D eigenvalue weighted by Gasteiger charge is 2.21. The standard InChI is InChI=1S/C21H19N5O3/c27-21(23-16-6-2-1-3-7-16)24-19-8-4-5-15-14-25(12-11-18(15)19)20-10-9-17(13-22-20)26(28)29/h1-10,13H,11-12,14H2,(H2,23,24,27). The molecule has 2 aromatic carbocycles. The van der Waals surface area contributed by atoms with Gasteiger partial charge in [0.15, 0.2) is 0 Å². The predicted molar refractivity (Wildman–Crippen MR) is 111 cm³/mol. The van der Waals surface area contributed by atoms with Gasteiger partial charge >= 0.3 is 6.03 Å². The van der Waals surface area contributed by atoms with Crippen molar-refractivity contribution in [3.8, 4) is 0 Å². The Morgan fingerprint density at radius 3 is 2.59 bits per heavy atom. The molecule has 0 saturated carbocycles. The van der Waals surface area contributed by atoms with Crippen LogP contribution in [0.4, 0.5) is 27.7 Å². The summed E-state index contributed by atoms with van der Waals surface area (Å²) in [5.74, 6) is 0.696. The van der Waals surface area contributed by atoms with Gasteiger partial charge in [-0.3, -0.25) is 10.1 Å². The minimum Gasteiger partial charge on any atom is -0.352 e. The number of nitrogens with one attached hydrogen (secondary N) is 2. The summed E-state index contributed by atoms with van der Waals surface area (Å²) < 4.78 is 0. The van der Waals surface area contributed by atoms with Crippen LogP contribution < -0.4 is 15.5 Å². The minimum atomic E-state index is -0.458. The molecule has 0 atom stereocenters. The Morgan fingerprint density at radius 1 is 1.03 bits per heavy atom. The van der Waals surface area contributed by atoms with E-state index in [4.69, 9.17) is 0 Å². The lowest BCUT2D eigenvalue weighted by atomic mass is 9.97. The van der Waals surface area contributed by atoms with E-state index in [1.54, 1.807) is 6.07 Å². The van der Waals surface area contributed by atoms with Crippen molar-refractivity contribution >= 4 is 28.9 Å². The van der Waals surface area contributed by atoms with Crippen molar-refractivity contribution in [2.75, 3.05) is 22.1 Å². The summed E-state index contributed by atoms with van der Waals surface area (Å²) in [5, 5.41) is 16.6. The van der Waals surface area contributed by atoms with Crippen molar-refractivity contribution in [1.29, 1.82) is 0 Å². The van der Waals surface area contributed by atoms with Crippen molar-refractivity contribution < 1.29 is 9.72 Å². The van der Waals surface area contributed by atoms with Crippen LogP contribution in [0.3, 0.4) is 0 Å². The van der Waals surface area contributed by atoms with Crippen LogP contribution in [0.1, 0.15) is 11.1 Å². The van der Waals surface area contributed by atoms with Gasteiger partial charge in [-0.2, -0.15) is 0 Å². The van der Waals surface area contributed by atoms with E-state index in [2.05, 4.69) is 20.5 Å². The maximum atomic E-state index is 12.3. The third kappa shape index (κ3) is 4.16. The van der Waals surface area contributed by atoms with Crippen LogP contribution >= 0.6 is 0 Å². The molecular weight excluding hydrogens is 370 g/mol. The van der Waals surface area contributed by atoms with Crippen molar-refractivity contribution in [2.24, 2.45) is 0 Å². The monoisotopic (exact) mass is 389 g/mol. The largest absolute Gasteiger partial charge is 0.352 e. The highest BCUT2D eigenvalue weighted by atomic mass is 16.6. The van der Waals surface area contributed by atoms with Crippen LogP contribution in [-0.2, 0) is 13.0 Å². The second-order valence-corrected chi connectivity index (χ2v) is 6.69. The molecule has 1 aliphatic rings. The first-order valence-corrected chi connectivity index (χ1v) is 9.19. The Morgan fingerprint density at radius 2 is 1.86 bits per heavy atom. The summed E-state index contributed by atoms with van der Waals surface area (Å²) in [5.41, 5.74) is 3.67. The summed E-state index contributed by atoms with van der Waals surface area (Å²) in [6.45, 7) is 1.33. The number of amides is 2. The van der Waals surface area contributed by atoms with Crippen molar-refractivity contribution in [3.63, 3.8) is 0 Å². The third-order valence-electron chi connectivity index (χ3n) is 4.81. The van der Waals surface area contributed by atoms with Gasteiger partial charge in [0.1, 0.15) is 12.0 Å². The lowest BCUT2D eigenvalue weighted by Crippen LogP contribution is -2.32. The number of carbonyl (C=O) groups is 1. The Balaban J connectivity index is 1.47. The van der Waals surface area contributed by atoms with Crippen molar-refractivity contribution in [1.82, 2.24) is 4.98 Å². The van der Waals surface area contributed by atoms with E-state index in [0.717, 1.165) is 28.9 Å². The van der Waals surface area contributed by atoms with Gasteiger partial charge in [-0.05, 0) is 41.8 Å². The molecule has 0 saturated heterocycles. The van der Waals surface area contributed by atoms with Gasteiger partial charge in [0.2, 0.25) is 0 Å². The summed E-state index contributed by atoms with van der Waals surface area (Å²) in [6.07, 6.45) is 2.01. The molecule has 146 valence electrons. The molecule has 0 bridgehead atoms. The highest BCUT2D eigenvalue weighted by molar-refractivity contribution is 6.00. The summed E-state index contributed by atoms with van der Waals surface area (Å²) in [6, 6.07) is 17.9. The molecule has 4 rings (SSSR count). The van der Waals surface area contributed by atoms with Crippen LogP contribution in [0.15, 0.2) is 66.9 Å². The summed E-state index contributed by atoms with van der Waals surface area (Å²) >= 11 is 0. The zero-order valence-corrected chi connectivity index (χ0v) is 15.5. The maximum absolute atomic E-state index is 12.3. The molecule has 0 unspecified atom stereocenters. The number of carbonyl (C=O) groups excluding carboxylic acids is 1. The molecule has 1 aromatic heterocycles. The van der Waals surface area contributed by atoms with Gasteiger partial charge < -0.3 is 15.5 Å². The van der Waals surface area contributed by atoms with Gasteiger partial charge in [-0.25, -0.2) is 9.78 Å². The lowest BCUT2D eigenvalue weighted by Gasteiger charge is -2.31. The SMILES string of the molecule is O=C(Nc1ccccc1)Nc1cccc2c1CCN(c1ccc([N+](=O)[O-])cn1)C2. The first-order chi connectivity index (χ1) is 14.1. The number of nitrogens with zero attached hydrogens (tertiary/aromatic N) is 3. The van der Waals surface area contributed by atoms with E-state index in [1.165, 1.54) is 12.3 Å². The molecule has 0 radical (unpaired) electrons. The van der Waals surface area contributed by atoms with Crippen molar-refractivity contribution in [2.45, 2.75) is 13.0 Å². The fourth-order valence-corrected chi connectivity index (χ4v) is 3.40. The lowest BCUT2D eigenvalue weighted by molar-refractivity contribution is -0.385.